The minimum absolute atomic E-state index is 0.233. The Balaban J connectivity index is 1.74. The van der Waals surface area contributed by atoms with Crippen LogP contribution in [0.1, 0.15) is 29.2 Å². The molecule has 0 aliphatic rings. The quantitative estimate of drug-likeness (QED) is 0.633. The number of nitrogens with zero attached hydrogens (tertiary/aromatic N) is 1. The summed E-state index contributed by atoms with van der Waals surface area (Å²) in [7, 11) is 0. The maximum Gasteiger partial charge on any atom is 0.266 e. The highest BCUT2D eigenvalue weighted by Gasteiger charge is 2.18. The number of benzene rings is 2. The van der Waals surface area contributed by atoms with Gasteiger partial charge in [0.25, 0.3) is 5.91 Å². The molecule has 0 aliphatic carbocycles. The van der Waals surface area contributed by atoms with Gasteiger partial charge in [-0.2, -0.15) is 0 Å². The lowest BCUT2D eigenvalue weighted by Crippen LogP contribution is -2.30. The molecule has 1 atom stereocenters. The Morgan fingerprint density at radius 2 is 1.77 bits per heavy atom. The van der Waals surface area contributed by atoms with E-state index < -0.39 is 6.10 Å². The van der Waals surface area contributed by atoms with Gasteiger partial charge in [-0.15, -0.1) is 0 Å². The lowest BCUT2D eigenvalue weighted by Gasteiger charge is -2.15. The normalized spacial score (nSPS) is 12.2. The van der Waals surface area contributed by atoms with Crippen molar-refractivity contribution in [2.45, 2.75) is 40.7 Å². The third-order valence-electron chi connectivity index (χ3n) is 4.15. The number of fused-ring (bicyclic) bond motifs is 1. The monoisotopic (exact) mass is 388 g/mol. The van der Waals surface area contributed by atoms with Gasteiger partial charge >= 0.3 is 0 Å². The van der Waals surface area contributed by atoms with Gasteiger partial charge in [-0.05, 0) is 75.1 Å². The molecule has 0 saturated carbocycles. The number of aromatic nitrogens is 1. The van der Waals surface area contributed by atoms with E-state index in [4.69, 9.17) is 16.3 Å². The van der Waals surface area contributed by atoms with Gasteiger partial charge in [0.05, 0.1) is 10.2 Å². The molecule has 2 aromatic carbocycles. The number of rotatable bonds is 4. The highest BCUT2D eigenvalue weighted by atomic mass is 35.5. The molecule has 136 valence electrons. The molecular formula is C20H21ClN2O2S. The zero-order valence-electron chi connectivity index (χ0n) is 15.4. The summed E-state index contributed by atoms with van der Waals surface area (Å²) in [5.74, 6) is 0.395. The first-order chi connectivity index (χ1) is 12.2. The summed E-state index contributed by atoms with van der Waals surface area (Å²) >= 11 is 7.65. The number of carbonyl (C=O) groups is 1. The second-order valence-electron chi connectivity index (χ2n) is 6.57. The summed E-state index contributed by atoms with van der Waals surface area (Å²) in [5, 5.41) is 4.15. The van der Waals surface area contributed by atoms with Crippen molar-refractivity contribution in [3.05, 3.63) is 51.5 Å². The lowest BCUT2D eigenvalue weighted by atomic mass is 10.1. The van der Waals surface area contributed by atoms with Crippen LogP contribution in [0.5, 0.6) is 5.75 Å². The van der Waals surface area contributed by atoms with Crippen LogP contribution in [-0.4, -0.2) is 17.0 Å². The van der Waals surface area contributed by atoms with E-state index >= 15 is 0 Å². The van der Waals surface area contributed by atoms with Crippen molar-refractivity contribution in [1.29, 1.82) is 0 Å². The van der Waals surface area contributed by atoms with Gasteiger partial charge in [-0.1, -0.05) is 29.0 Å². The first kappa shape index (κ1) is 18.7. The van der Waals surface area contributed by atoms with E-state index in [0.717, 1.165) is 31.9 Å². The second kappa shape index (κ2) is 7.25. The molecule has 1 amide bonds. The van der Waals surface area contributed by atoms with Crippen molar-refractivity contribution in [3.63, 3.8) is 0 Å². The summed E-state index contributed by atoms with van der Waals surface area (Å²) in [4.78, 5) is 17.0. The van der Waals surface area contributed by atoms with E-state index in [2.05, 4.69) is 29.4 Å². The molecule has 26 heavy (non-hydrogen) atoms. The average molecular weight is 389 g/mol. The molecule has 0 fully saturated rings. The highest BCUT2D eigenvalue weighted by Crippen LogP contribution is 2.30. The van der Waals surface area contributed by atoms with Gasteiger partial charge in [0.15, 0.2) is 11.2 Å². The molecule has 3 aromatic rings. The van der Waals surface area contributed by atoms with Crippen LogP contribution in [0.4, 0.5) is 5.13 Å². The molecule has 0 aliphatic heterocycles. The molecule has 0 radical (unpaired) electrons. The van der Waals surface area contributed by atoms with Crippen molar-refractivity contribution in [1.82, 2.24) is 4.98 Å². The smallest absolute Gasteiger partial charge is 0.266 e. The minimum atomic E-state index is -0.648. The maximum atomic E-state index is 12.5. The van der Waals surface area contributed by atoms with Gasteiger partial charge in [0.2, 0.25) is 0 Å². The van der Waals surface area contributed by atoms with E-state index in [-0.39, 0.29) is 5.91 Å². The number of amides is 1. The van der Waals surface area contributed by atoms with Crippen LogP contribution in [0.2, 0.25) is 5.02 Å². The highest BCUT2D eigenvalue weighted by molar-refractivity contribution is 7.22. The van der Waals surface area contributed by atoms with Crippen LogP contribution < -0.4 is 10.1 Å². The minimum Gasteiger partial charge on any atom is -0.481 e. The van der Waals surface area contributed by atoms with E-state index in [1.165, 1.54) is 16.9 Å². The third kappa shape index (κ3) is 3.84. The van der Waals surface area contributed by atoms with Gasteiger partial charge < -0.3 is 4.74 Å². The van der Waals surface area contributed by atoms with Crippen LogP contribution in [0, 0.1) is 27.7 Å². The molecule has 1 heterocycles. The molecule has 0 spiro atoms. The molecule has 1 unspecified atom stereocenters. The van der Waals surface area contributed by atoms with E-state index in [0.29, 0.717) is 10.9 Å². The van der Waals surface area contributed by atoms with Crippen molar-refractivity contribution in [2.75, 3.05) is 5.32 Å². The van der Waals surface area contributed by atoms with Gasteiger partial charge in [-0.3, -0.25) is 10.1 Å². The number of ether oxygens (including phenoxy) is 1. The molecule has 6 heteroatoms. The Labute approximate surface area is 162 Å². The van der Waals surface area contributed by atoms with Gasteiger partial charge in [0, 0.05) is 5.02 Å². The fourth-order valence-electron chi connectivity index (χ4n) is 2.86. The van der Waals surface area contributed by atoms with E-state index in [9.17, 15) is 4.79 Å². The fraction of sp³-hybridized carbons (Fsp3) is 0.300. The first-order valence-electron chi connectivity index (χ1n) is 8.36. The summed E-state index contributed by atoms with van der Waals surface area (Å²) in [6, 6.07) is 7.84. The fourth-order valence-corrected chi connectivity index (χ4v) is 4.02. The Hall–Kier alpha value is -2.11. The van der Waals surface area contributed by atoms with Crippen LogP contribution in [0.25, 0.3) is 10.2 Å². The third-order valence-corrected chi connectivity index (χ3v) is 5.67. The molecule has 1 N–H and O–H groups in total. The Morgan fingerprint density at radius 3 is 2.42 bits per heavy atom. The Morgan fingerprint density at radius 1 is 1.12 bits per heavy atom. The summed E-state index contributed by atoms with van der Waals surface area (Å²) in [5.41, 5.74) is 5.06. The van der Waals surface area contributed by atoms with Crippen LogP contribution in [0.3, 0.4) is 0 Å². The Bertz CT molecular complexity index is 974. The Kier molecular flexibility index (Phi) is 5.21. The lowest BCUT2D eigenvalue weighted by molar-refractivity contribution is -0.122. The number of aryl methyl sites for hydroxylation is 4. The molecular weight excluding hydrogens is 368 g/mol. The average Bonchev–Trinajstić information content (AvgIpc) is 2.95. The maximum absolute atomic E-state index is 12.5. The molecule has 1 aromatic heterocycles. The molecule has 0 bridgehead atoms. The molecule has 0 saturated heterocycles. The van der Waals surface area contributed by atoms with Crippen LogP contribution >= 0.6 is 22.9 Å². The number of carbonyl (C=O) groups excluding carboxylic acids is 1. The number of anilines is 1. The van der Waals surface area contributed by atoms with Gasteiger partial charge in [-0.25, -0.2) is 4.98 Å². The predicted molar refractivity (Wildman–Crippen MR) is 109 cm³/mol. The topological polar surface area (TPSA) is 51.2 Å². The molecule has 4 nitrogen and oxygen atoms in total. The SMILES string of the molecule is Cc1cc(C)c2nc(NC(=O)C(C)Oc3cc(C)c(Cl)c(C)c3)sc2c1. The largest absolute Gasteiger partial charge is 0.481 e. The van der Waals surface area contributed by atoms with Crippen LogP contribution in [-0.2, 0) is 4.79 Å². The summed E-state index contributed by atoms with van der Waals surface area (Å²) < 4.78 is 6.85. The number of nitrogens with one attached hydrogen (secondary N) is 1. The second-order valence-corrected chi connectivity index (χ2v) is 7.98. The predicted octanol–water partition coefficient (Wildman–Crippen LogP) is 5.59. The number of thiazole rings is 1. The van der Waals surface area contributed by atoms with Crippen molar-refractivity contribution in [2.24, 2.45) is 0 Å². The van der Waals surface area contributed by atoms with Crippen LogP contribution in [0.15, 0.2) is 24.3 Å². The van der Waals surface area contributed by atoms with Crippen molar-refractivity contribution < 1.29 is 9.53 Å². The van der Waals surface area contributed by atoms with Crippen molar-refractivity contribution in [3.8, 4) is 5.75 Å². The van der Waals surface area contributed by atoms with E-state index in [1.54, 1.807) is 6.92 Å². The molecule has 3 rings (SSSR count). The zero-order chi connectivity index (χ0) is 19.0. The summed E-state index contributed by atoms with van der Waals surface area (Å²) in [6.45, 7) is 9.63. The standard InChI is InChI=1S/C20H21ClN2O2S/c1-10-6-13(4)18-16(7-10)26-20(22-18)23-19(24)14(5)25-15-8-11(2)17(21)12(3)9-15/h6-9,14H,1-5H3,(H,22,23,24). The number of halogens is 1. The zero-order valence-corrected chi connectivity index (χ0v) is 17.0. The number of hydrogen-bond acceptors (Lipinski definition) is 4. The first-order valence-corrected chi connectivity index (χ1v) is 9.56. The van der Waals surface area contributed by atoms with E-state index in [1.807, 2.05) is 32.9 Å². The van der Waals surface area contributed by atoms with Crippen molar-refractivity contribution >= 4 is 44.2 Å². The summed E-state index contributed by atoms with van der Waals surface area (Å²) in [6.07, 6.45) is -0.648. The van der Waals surface area contributed by atoms with Gasteiger partial charge in [0.1, 0.15) is 5.75 Å². The number of hydrogen-bond donors (Lipinski definition) is 1.